The van der Waals surface area contributed by atoms with E-state index in [-0.39, 0.29) is 5.57 Å². The highest BCUT2D eigenvalue weighted by Crippen LogP contribution is 2.26. The van der Waals surface area contributed by atoms with Crippen LogP contribution in [0.1, 0.15) is 11.1 Å². The van der Waals surface area contributed by atoms with Gasteiger partial charge in [0.2, 0.25) is 0 Å². The number of thioether (sulfide) groups is 1. The van der Waals surface area contributed by atoms with Crippen molar-refractivity contribution in [1.82, 2.24) is 0 Å². The first kappa shape index (κ1) is 15.7. The molecule has 0 aromatic heterocycles. The summed E-state index contributed by atoms with van der Waals surface area (Å²) in [5, 5.41) is 22.0. The molecule has 1 N–H and O–H groups in total. The summed E-state index contributed by atoms with van der Waals surface area (Å²) in [5.74, 6) is 0.697. The van der Waals surface area contributed by atoms with Gasteiger partial charge in [0.15, 0.2) is 5.57 Å². The first-order valence-corrected chi connectivity index (χ1v) is 7.76. The molecular weight excluding hydrogens is 290 g/mol. The third kappa shape index (κ3) is 4.41. The number of allylic oxidation sites excluding steroid dienone is 1. The van der Waals surface area contributed by atoms with Crippen LogP contribution in [0.25, 0.3) is 0 Å². The van der Waals surface area contributed by atoms with Crippen LogP contribution in [-0.2, 0) is 5.75 Å². The van der Waals surface area contributed by atoms with Crippen molar-refractivity contribution >= 4 is 17.4 Å². The lowest BCUT2D eigenvalue weighted by molar-refractivity contribution is 1.36. The maximum atomic E-state index is 9.12. The summed E-state index contributed by atoms with van der Waals surface area (Å²) >= 11 is 1.46. The molecule has 0 saturated carbocycles. The van der Waals surface area contributed by atoms with Crippen LogP contribution in [0.4, 0.5) is 5.69 Å². The molecule has 0 aliphatic carbocycles. The third-order valence-electron chi connectivity index (χ3n) is 2.99. The third-order valence-corrected chi connectivity index (χ3v) is 4.06. The number of hydrogen-bond donors (Lipinski definition) is 1. The molecule has 0 heterocycles. The van der Waals surface area contributed by atoms with Crippen molar-refractivity contribution in [3.05, 3.63) is 76.3 Å². The van der Waals surface area contributed by atoms with E-state index in [2.05, 4.69) is 29.6 Å². The van der Waals surface area contributed by atoms with Crippen LogP contribution < -0.4 is 5.32 Å². The van der Waals surface area contributed by atoms with Crippen LogP contribution in [0.3, 0.4) is 0 Å². The van der Waals surface area contributed by atoms with Crippen molar-refractivity contribution in [2.45, 2.75) is 12.7 Å². The van der Waals surface area contributed by atoms with E-state index in [1.54, 1.807) is 0 Å². The van der Waals surface area contributed by atoms with Gasteiger partial charge in [0, 0.05) is 11.4 Å². The minimum absolute atomic E-state index is 0.0981. The summed E-state index contributed by atoms with van der Waals surface area (Å²) in [7, 11) is 0. The Kier molecular flexibility index (Phi) is 5.65. The van der Waals surface area contributed by atoms with Crippen molar-refractivity contribution in [3.8, 4) is 12.1 Å². The topological polar surface area (TPSA) is 59.6 Å². The van der Waals surface area contributed by atoms with Crippen molar-refractivity contribution in [2.75, 3.05) is 5.32 Å². The largest absolute Gasteiger partial charge is 0.349 e. The van der Waals surface area contributed by atoms with E-state index >= 15 is 0 Å². The molecule has 0 atom stereocenters. The second-order valence-electron chi connectivity index (χ2n) is 4.69. The SMILES string of the molecule is Cc1ccc(CSC(Nc2ccccc2)=C(C#N)C#N)cc1. The Morgan fingerprint density at radius 2 is 1.64 bits per heavy atom. The monoisotopic (exact) mass is 305 g/mol. The second kappa shape index (κ2) is 7.93. The van der Waals surface area contributed by atoms with Gasteiger partial charge in [0.05, 0.1) is 0 Å². The molecule has 0 bridgehead atoms. The maximum absolute atomic E-state index is 9.12. The van der Waals surface area contributed by atoms with Crippen LogP contribution in [0.5, 0.6) is 0 Å². The molecular formula is C18H15N3S. The number of hydrogen-bond acceptors (Lipinski definition) is 4. The smallest absolute Gasteiger partial charge is 0.159 e. The Hall–Kier alpha value is -2.69. The molecule has 3 nitrogen and oxygen atoms in total. The quantitative estimate of drug-likeness (QED) is 0.820. The molecule has 0 fully saturated rings. The zero-order valence-corrected chi connectivity index (χ0v) is 13.0. The van der Waals surface area contributed by atoms with E-state index in [0.29, 0.717) is 10.8 Å². The van der Waals surface area contributed by atoms with E-state index in [0.717, 1.165) is 11.3 Å². The van der Waals surface area contributed by atoms with E-state index in [9.17, 15) is 0 Å². The van der Waals surface area contributed by atoms with Gasteiger partial charge >= 0.3 is 0 Å². The highest BCUT2D eigenvalue weighted by molar-refractivity contribution is 8.02. The number of benzene rings is 2. The molecule has 0 saturated heterocycles. The highest BCUT2D eigenvalue weighted by Gasteiger charge is 2.08. The highest BCUT2D eigenvalue weighted by atomic mass is 32.2. The first-order valence-electron chi connectivity index (χ1n) is 6.78. The second-order valence-corrected chi connectivity index (χ2v) is 5.68. The van der Waals surface area contributed by atoms with Crippen molar-refractivity contribution in [2.24, 2.45) is 0 Å². The molecule has 2 rings (SSSR count). The van der Waals surface area contributed by atoms with Gasteiger partial charge in [-0.3, -0.25) is 0 Å². The molecule has 0 aliphatic heterocycles. The molecule has 0 aliphatic rings. The fourth-order valence-corrected chi connectivity index (χ4v) is 2.72. The number of anilines is 1. The van der Waals surface area contributed by atoms with Crippen molar-refractivity contribution in [3.63, 3.8) is 0 Å². The van der Waals surface area contributed by atoms with Gasteiger partial charge in [-0.2, -0.15) is 10.5 Å². The minimum Gasteiger partial charge on any atom is -0.349 e. The summed E-state index contributed by atoms with van der Waals surface area (Å²) in [5.41, 5.74) is 3.32. The maximum Gasteiger partial charge on any atom is 0.159 e. The predicted molar refractivity (Wildman–Crippen MR) is 90.8 cm³/mol. The zero-order valence-electron chi connectivity index (χ0n) is 12.2. The molecule has 22 heavy (non-hydrogen) atoms. The fraction of sp³-hybridized carbons (Fsp3) is 0.111. The van der Waals surface area contributed by atoms with Gasteiger partial charge in [-0.05, 0) is 24.6 Å². The molecule has 4 heteroatoms. The molecule has 0 unspecified atom stereocenters. The van der Waals surface area contributed by atoms with Gasteiger partial charge in [-0.25, -0.2) is 0 Å². The lowest BCUT2D eigenvalue weighted by Gasteiger charge is -2.11. The first-order chi connectivity index (χ1) is 10.7. The molecule has 2 aromatic rings. The van der Waals surface area contributed by atoms with Crippen molar-refractivity contribution in [1.29, 1.82) is 10.5 Å². The normalized spacial score (nSPS) is 9.41. The molecule has 0 spiro atoms. The number of para-hydroxylation sites is 1. The lowest BCUT2D eigenvalue weighted by atomic mass is 10.2. The van der Waals surface area contributed by atoms with Gasteiger partial charge in [-0.1, -0.05) is 48.0 Å². The Balaban J connectivity index is 2.16. The number of nitrogens with zero attached hydrogens (tertiary/aromatic N) is 2. The average Bonchev–Trinajstić information content (AvgIpc) is 2.56. The molecule has 2 aromatic carbocycles. The van der Waals surface area contributed by atoms with Gasteiger partial charge in [0.25, 0.3) is 0 Å². The van der Waals surface area contributed by atoms with Crippen LogP contribution in [0, 0.1) is 29.6 Å². The van der Waals surface area contributed by atoms with E-state index in [1.165, 1.54) is 17.3 Å². The summed E-state index contributed by atoms with van der Waals surface area (Å²) in [6, 6.07) is 21.7. The standard InChI is InChI=1S/C18H15N3S/c1-14-7-9-15(10-8-14)13-22-18(16(11-19)12-20)21-17-5-3-2-4-6-17/h2-10,21H,13H2,1H3. The summed E-state index contributed by atoms with van der Waals surface area (Å²) in [6.07, 6.45) is 0. The lowest BCUT2D eigenvalue weighted by Crippen LogP contribution is -2.00. The molecule has 0 amide bonds. The average molecular weight is 305 g/mol. The van der Waals surface area contributed by atoms with Gasteiger partial charge in [0.1, 0.15) is 17.2 Å². The van der Waals surface area contributed by atoms with E-state index < -0.39 is 0 Å². The Morgan fingerprint density at radius 1 is 1.00 bits per heavy atom. The summed E-state index contributed by atoms with van der Waals surface area (Å²) in [4.78, 5) is 0. The predicted octanol–water partition coefficient (Wildman–Crippen LogP) is 4.60. The van der Waals surface area contributed by atoms with Crippen molar-refractivity contribution < 1.29 is 0 Å². The number of nitriles is 2. The van der Waals surface area contributed by atoms with Crippen LogP contribution in [0.15, 0.2) is 65.2 Å². The summed E-state index contributed by atoms with van der Waals surface area (Å²) in [6.45, 7) is 2.04. The van der Waals surface area contributed by atoms with Gasteiger partial charge < -0.3 is 5.32 Å². The Morgan fingerprint density at radius 3 is 2.23 bits per heavy atom. The van der Waals surface area contributed by atoms with Crippen LogP contribution >= 0.6 is 11.8 Å². The zero-order chi connectivity index (χ0) is 15.8. The Bertz CT molecular complexity index is 719. The molecule has 108 valence electrons. The summed E-state index contributed by atoms with van der Waals surface area (Å²) < 4.78 is 0. The van der Waals surface area contributed by atoms with E-state index in [1.807, 2.05) is 49.4 Å². The Labute approximate surface area is 134 Å². The minimum atomic E-state index is 0.0981. The number of aryl methyl sites for hydroxylation is 1. The number of nitrogens with one attached hydrogen (secondary N) is 1. The van der Waals surface area contributed by atoms with Gasteiger partial charge in [-0.15, -0.1) is 11.8 Å². The number of rotatable bonds is 5. The van der Waals surface area contributed by atoms with Crippen LogP contribution in [-0.4, -0.2) is 0 Å². The van der Waals surface area contributed by atoms with E-state index in [4.69, 9.17) is 10.5 Å². The van der Waals surface area contributed by atoms with Crippen LogP contribution in [0.2, 0.25) is 0 Å². The fourth-order valence-electron chi connectivity index (χ4n) is 1.79. The molecule has 0 radical (unpaired) electrons.